The van der Waals surface area contributed by atoms with Crippen LogP contribution in [-0.2, 0) is 0 Å². The number of carbonyl (C=O) groups excluding carboxylic acids is 2. The molecule has 0 bridgehead atoms. The van der Waals surface area contributed by atoms with Gasteiger partial charge < -0.3 is 0 Å². The predicted octanol–water partition coefficient (Wildman–Crippen LogP) is 9.16. The Bertz CT molecular complexity index is 855. The van der Waals surface area contributed by atoms with Gasteiger partial charge in [-0.2, -0.15) is 0 Å². The summed E-state index contributed by atoms with van der Waals surface area (Å²) < 4.78 is 0. The van der Waals surface area contributed by atoms with E-state index in [4.69, 9.17) is 0 Å². The number of hydrogen-bond acceptors (Lipinski definition) is 2. The molecule has 33 heavy (non-hydrogen) atoms. The third kappa shape index (κ3) is 8.72. The first-order valence-electron chi connectivity index (χ1n) is 13.2. The van der Waals surface area contributed by atoms with Crippen molar-refractivity contribution in [2.75, 3.05) is 0 Å². The lowest BCUT2D eigenvalue weighted by atomic mass is 9.83. The van der Waals surface area contributed by atoms with Crippen LogP contribution < -0.4 is 0 Å². The van der Waals surface area contributed by atoms with E-state index in [9.17, 15) is 9.59 Å². The highest BCUT2D eigenvalue weighted by molar-refractivity contribution is 6.26. The number of ketones is 2. The summed E-state index contributed by atoms with van der Waals surface area (Å²) in [4.78, 5) is 25.5. The minimum atomic E-state index is -0.00526. The lowest BCUT2D eigenvalue weighted by molar-refractivity contribution is 0.0973. The molecule has 0 aromatic heterocycles. The van der Waals surface area contributed by atoms with Gasteiger partial charge >= 0.3 is 0 Å². The van der Waals surface area contributed by atoms with Crippen LogP contribution in [-0.4, -0.2) is 11.6 Å². The molecule has 0 saturated carbocycles. The maximum atomic E-state index is 12.9. The molecule has 0 amide bonds. The van der Waals surface area contributed by atoms with Crippen molar-refractivity contribution in [2.24, 2.45) is 17.8 Å². The minimum absolute atomic E-state index is 0.00526. The van der Waals surface area contributed by atoms with Crippen LogP contribution >= 0.6 is 0 Å². The number of Topliss-reactive ketones (excluding diaryl/α,β-unsaturated/α-hetero) is 2. The summed E-state index contributed by atoms with van der Waals surface area (Å²) >= 11 is 0. The molecule has 0 heterocycles. The SMILES string of the molecule is CC1=C(C/C=C(\C)CCCC(C)CCCC(C)CCCC(C)C)C(=[18O])c2ccccc2C1=O. The van der Waals surface area contributed by atoms with E-state index in [0.717, 1.165) is 24.2 Å². The summed E-state index contributed by atoms with van der Waals surface area (Å²) in [6, 6.07) is 7.18. The molecular formula is C31H46O2. The highest BCUT2D eigenvalue weighted by Crippen LogP contribution is 2.29. The maximum Gasteiger partial charge on any atom is 0.190 e. The van der Waals surface area contributed by atoms with E-state index in [1.165, 1.54) is 56.9 Å². The third-order valence-corrected chi connectivity index (χ3v) is 7.28. The smallest absolute Gasteiger partial charge is 0.190 e. The van der Waals surface area contributed by atoms with Crippen molar-refractivity contribution in [3.63, 3.8) is 0 Å². The second-order valence-electron chi connectivity index (χ2n) is 10.9. The molecule has 1 aromatic rings. The van der Waals surface area contributed by atoms with Crippen LogP contribution in [0.3, 0.4) is 0 Å². The standard InChI is InChI=1S/C31H46O2/c1-22(2)12-9-13-23(3)14-10-15-24(4)16-11-17-25(5)20-21-27-26(6)30(32)28-18-7-8-19-29(28)31(27)33/h7-8,18-20,22-24H,9-17,21H2,1-6H3/b25-20+/i33+2. The molecule has 1 aromatic carbocycles. The van der Waals surface area contributed by atoms with E-state index in [0.29, 0.717) is 28.7 Å². The minimum Gasteiger partial charge on any atom is -0.289 e. The Kier molecular flexibility index (Phi) is 11.3. The van der Waals surface area contributed by atoms with Gasteiger partial charge in [0.15, 0.2) is 11.6 Å². The van der Waals surface area contributed by atoms with Crippen molar-refractivity contribution in [1.82, 2.24) is 0 Å². The molecule has 182 valence electrons. The quantitative estimate of drug-likeness (QED) is 0.208. The van der Waals surface area contributed by atoms with Gasteiger partial charge in [-0.05, 0) is 50.9 Å². The van der Waals surface area contributed by atoms with Gasteiger partial charge in [-0.1, -0.05) is 109 Å². The molecule has 0 fully saturated rings. The van der Waals surface area contributed by atoms with E-state index in [2.05, 4.69) is 40.7 Å². The van der Waals surface area contributed by atoms with Crippen molar-refractivity contribution in [1.29, 1.82) is 0 Å². The third-order valence-electron chi connectivity index (χ3n) is 7.28. The van der Waals surface area contributed by atoms with Crippen molar-refractivity contribution in [2.45, 2.75) is 106 Å². The average Bonchev–Trinajstić information content (AvgIpc) is 2.77. The largest absolute Gasteiger partial charge is 0.289 e. The lowest BCUT2D eigenvalue weighted by Crippen LogP contribution is -2.20. The number of fused-ring (bicyclic) bond motifs is 1. The molecule has 2 atom stereocenters. The normalized spacial score (nSPS) is 16.4. The van der Waals surface area contributed by atoms with Gasteiger partial charge in [0.05, 0.1) is 0 Å². The van der Waals surface area contributed by atoms with Crippen LogP contribution in [0.2, 0.25) is 0 Å². The average molecular weight is 453 g/mol. The van der Waals surface area contributed by atoms with Crippen LogP contribution in [0.15, 0.2) is 47.1 Å². The number of hydrogen-bond donors (Lipinski definition) is 0. The molecule has 0 saturated heterocycles. The summed E-state index contributed by atoms with van der Waals surface area (Å²) in [6.45, 7) is 13.4. The summed E-state index contributed by atoms with van der Waals surface area (Å²) in [5, 5.41) is 0. The lowest BCUT2D eigenvalue weighted by Gasteiger charge is -2.18. The molecule has 1 aliphatic rings. The molecular weight excluding hydrogens is 406 g/mol. The number of carbonyl (C=O) groups is 2. The Morgan fingerprint density at radius 3 is 2.03 bits per heavy atom. The highest BCUT2D eigenvalue weighted by atomic mass is 18.1. The molecule has 2 unspecified atom stereocenters. The second kappa shape index (κ2) is 13.7. The van der Waals surface area contributed by atoms with Crippen LogP contribution in [0.25, 0.3) is 0 Å². The molecule has 0 spiro atoms. The zero-order chi connectivity index (χ0) is 24.4. The van der Waals surface area contributed by atoms with Crippen molar-refractivity contribution in [3.05, 3.63) is 58.2 Å². The monoisotopic (exact) mass is 452 g/mol. The Balaban J connectivity index is 1.71. The van der Waals surface area contributed by atoms with E-state index < -0.39 is 0 Å². The van der Waals surface area contributed by atoms with Gasteiger partial charge in [-0.3, -0.25) is 9.59 Å². The second-order valence-corrected chi connectivity index (χ2v) is 10.9. The summed E-state index contributed by atoms with van der Waals surface area (Å²) in [7, 11) is 0. The fraction of sp³-hybridized carbons (Fsp3) is 0.613. The first-order chi connectivity index (χ1) is 15.7. The van der Waals surface area contributed by atoms with Crippen LogP contribution in [0, 0.1) is 17.8 Å². The zero-order valence-corrected chi connectivity index (χ0v) is 22.0. The van der Waals surface area contributed by atoms with Gasteiger partial charge in [-0.15, -0.1) is 0 Å². The summed E-state index contributed by atoms with van der Waals surface area (Å²) in [5.74, 6) is 2.48. The first kappa shape index (κ1) is 27.3. The van der Waals surface area contributed by atoms with Gasteiger partial charge in [0.2, 0.25) is 0 Å². The number of benzene rings is 1. The Labute approximate surface area is 202 Å². The van der Waals surface area contributed by atoms with Gasteiger partial charge in [0.1, 0.15) is 0 Å². The van der Waals surface area contributed by atoms with Gasteiger partial charge in [0.25, 0.3) is 0 Å². The van der Waals surface area contributed by atoms with Crippen LogP contribution in [0.1, 0.15) is 126 Å². The van der Waals surface area contributed by atoms with Gasteiger partial charge in [-0.25, -0.2) is 0 Å². The highest BCUT2D eigenvalue weighted by Gasteiger charge is 2.28. The molecule has 0 radical (unpaired) electrons. The fourth-order valence-corrected chi connectivity index (χ4v) is 4.88. The molecule has 0 aliphatic heterocycles. The van der Waals surface area contributed by atoms with E-state index in [-0.39, 0.29) is 11.6 Å². The number of rotatable bonds is 14. The Hall–Kier alpha value is -1.96. The van der Waals surface area contributed by atoms with Crippen LogP contribution in [0.4, 0.5) is 0 Å². The Morgan fingerprint density at radius 2 is 1.42 bits per heavy atom. The molecule has 2 nitrogen and oxygen atoms in total. The van der Waals surface area contributed by atoms with E-state index >= 15 is 0 Å². The maximum absolute atomic E-state index is 12.9. The van der Waals surface area contributed by atoms with E-state index in [1.807, 2.05) is 12.1 Å². The predicted molar refractivity (Wildman–Crippen MR) is 141 cm³/mol. The van der Waals surface area contributed by atoms with Crippen molar-refractivity contribution < 1.29 is 9.59 Å². The Morgan fingerprint density at radius 1 is 0.879 bits per heavy atom. The fourth-order valence-electron chi connectivity index (χ4n) is 4.88. The molecule has 2 heteroatoms. The van der Waals surface area contributed by atoms with Crippen LogP contribution in [0.5, 0.6) is 0 Å². The molecule has 2 rings (SSSR count). The van der Waals surface area contributed by atoms with E-state index in [1.54, 1.807) is 19.1 Å². The van der Waals surface area contributed by atoms with Crippen molar-refractivity contribution in [3.8, 4) is 0 Å². The number of allylic oxidation sites excluding steroid dienone is 4. The first-order valence-corrected chi connectivity index (χ1v) is 13.2. The topological polar surface area (TPSA) is 34.1 Å². The zero-order valence-electron chi connectivity index (χ0n) is 22.0. The molecule has 0 N–H and O–H groups in total. The summed E-state index contributed by atoms with van der Waals surface area (Å²) in [5.41, 5.74) is 3.68. The van der Waals surface area contributed by atoms with Gasteiger partial charge in [0, 0.05) is 22.3 Å². The van der Waals surface area contributed by atoms with Crippen molar-refractivity contribution >= 4 is 11.6 Å². The molecule has 1 aliphatic carbocycles. The summed E-state index contributed by atoms with van der Waals surface area (Å²) in [6.07, 6.45) is 14.4.